The minimum absolute atomic E-state index is 0.0843. The average molecular weight is 455 g/mol. The molecule has 1 aliphatic heterocycles. The summed E-state index contributed by atoms with van der Waals surface area (Å²) in [4.78, 5) is 12.9. The van der Waals surface area contributed by atoms with Crippen molar-refractivity contribution >= 4 is 19.1 Å². The van der Waals surface area contributed by atoms with E-state index in [1.54, 1.807) is 16.2 Å². The van der Waals surface area contributed by atoms with E-state index in [1.807, 2.05) is 24.3 Å². The van der Waals surface area contributed by atoms with Gasteiger partial charge in [0.05, 0.1) is 24.1 Å². The van der Waals surface area contributed by atoms with E-state index in [1.165, 1.54) is 0 Å². The number of aromatic nitrogens is 2. The molecule has 0 amide bonds. The Hall–Kier alpha value is -2.35. The van der Waals surface area contributed by atoms with Crippen molar-refractivity contribution in [2.24, 2.45) is 7.05 Å². The van der Waals surface area contributed by atoms with Gasteiger partial charge in [0.1, 0.15) is 24.6 Å². The molecule has 1 aromatic heterocycles. The monoisotopic (exact) mass is 454 g/mol. The number of imidazole rings is 1. The topological polar surface area (TPSA) is 54.6 Å². The van der Waals surface area contributed by atoms with Crippen LogP contribution >= 0.6 is 0 Å². The van der Waals surface area contributed by atoms with E-state index in [2.05, 4.69) is 44.8 Å². The fraction of sp³-hybridized carbons (Fsp3) is 0.480. The van der Waals surface area contributed by atoms with Crippen molar-refractivity contribution in [3.63, 3.8) is 0 Å². The van der Waals surface area contributed by atoms with E-state index in [9.17, 15) is 4.79 Å². The van der Waals surface area contributed by atoms with Gasteiger partial charge in [-0.1, -0.05) is 56.0 Å². The molecular weight excluding hydrogens is 420 g/mol. The maximum atomic E-state index is 12.9. The van der Waals surface area contributed by atoms with Gasteiger partial charge in [-0.3, -0.25) is 9.13 Å². The van der Waals surface area contributed by atoms with Crippen LogP contribution in [0.15, 0.2) is 47.3 Å². The fourth-order valence-corrected chi connectivity index (χ4v) is 4.92. The van der Waals surface area contributed by atoms with E-state index >= 15 is 0 Å². The van der Waals surface area contributed by atoms with E-state index < -0.39 is 8.07 Å². The SMILES string of the molecule is Cn1c(=O)n(COCC[Si](C)(C)C)c2ccc3c(c21)OCC3(C)COCc1ccccc1. The van der Waals surface area contributed by atoms with Crippen LogP contribution in [0.4, 0.5) is 0 Å². The molecule has 172 valence electrons. The average Bonchev–Trinajstić information content (AvgIpc) is 3.21. The molecule has 2 heterocycles. The Bertz CT molecular complexity index is 1150. The lowest BCUT2D eigenvalue weighted by Gasteiger charge is -2.22. The molecule has 0 N–H and O–H groups in total. The van der Waals surface area contributed by atoms with Gasteiger partial charge in [-0.15, -0.1) is 0 Å². The Kier molecular flexibility index (Phi) is 6.34. The van der Waals surface area contributed by atoms with Gasteiger partial charge in [-0.05, 0) is 24.6 Å². The molecule has 6 nitrogen and oxygen atoms in total. The summed E-state index contributed by atoms with van der Waals surface area (Å²) in [5, 5.41) is 0. The van der Waals surface area contributed by atoms with Gasteiger partial charge >= 0.3 is 5.69 Å². The Morgan fingerprint density at radius 1 is 1.09 bits per heavy atom. The standard InChI is InChI=1S/C25H34N2O4Si/c1-25(16-30-15-19-9-7-6-8-10-19)17-31-23-20(25)11-12-21-22(23)26(2)24(28)27(21)18-29-13-14-32(3,4)5/h6-12H,13-18H2,1-5H3. The minimum atomic E-state index is -1.17. The molecule has 0 saturated carbocycles. The summed E-state index contributed by atoms with van der Waals surface area (Å²) >= 11 is 0. The summed E-state index contributed by atoms with van der Waals surface area (Å²) in [6, 6.07) is 15.3. The molecule has 0 bridgehead atoms. The predicted molar refractivity (Wildman–Crippen MR) is 130 cm³/mol. The van der Waals surface area contributed by atoms with Crippen molar-refractivity contribution in [2.75, 3.05) is 19.8 Å². The summed E-state index contributed by atoms with van der Waals surface area (Å²) < 4.78 is 21.5. The van der Waals surface area contributed by atoms with Crippen LogP contribution in [0.1, 0.15) is 18.1 Å². The first-order valence-electron chi connectivity index (χ1n) is 11.2. The maximum absolute atomic E-state index is 12.9. The highest BCUT2D eigenvalue weighted by Gasteiger charge is 2.39. The van der Waals surface area contributed by atoms with E-state index in [4.69, 9.17) is 14.2 Å². The zero-order valence-corrected chi connectivity index (χ0v) is 20.8. The van der Waals surface area contributed by atoms with E-state index in [0.29, 0.717) is 26.4 Å². The molecule has 0 radical (unpaired) electrons. The number of benzene rings is 2. The second kappa shape index (κ2) is 8.88. The lowest BCUT2D eigenvalue weighted by molar-refractivity contribution is 0.0674. The molecule has 1 atom stereocenters. The van der Waals surface area contributed by atoms with Gasteiger partial charge in [0.2, 0.25) is 0 Å². The van der Waals surface area contributed by atoms with Crippen molar-refractivity contribution in [3.8, 4) is 5.75 Å². The second-order valence-electron chi connectivity index (χ2n) is 10.3. The number of hydrogen-bond acceptors (Lipinski definition) is 4. The lowest BCUT2D eigenvalue weighted by atomic mass is 9.85. The van der Waals surface area contributed by atoms with Crippen molar-refractivity contribution in [2.45, 2.75) is 51.4 Å². The Labute approximate surface area is 190 Å². The first-order valence-corrected chi connectivity index (χ1v) is 15.0. The van der Waals surface area contributed by atoms with Gasteiger partial charge in [0.25, 0.3) is 0 Å². The van der Waals surface area contributed by atoms with Gasteiger partial charge < -0.3 is 14.2 Å². The number of fused-ring (bicyclic) bond motifs is 3. The smallest absolute Gasteiger partial charge is 0.330 e. The van der Waals surface area contributed by atoms with Gasteiger partial charge in [0.15, 0.2) is 0 Å². The number of rotatable bonds is 9. The van der Waals surface area contributed by atoms with Crippen molar-refractivity contribution < 1.29 is 14.2 Å². The lowest BCUT2D eigenvalue weighted by Crippen LogP contribution is -2.30. The number of nitrogens with zero attached hydrogens (tertiary/aromatic N) is 2. The van der Waals surface area contributed by atoms with Crippen LogP contribution in [0.3, 0.4) is 0 Å². The summed E-state index contributed by atoms with van der Waals surface area (Å²) in [6.45, 7) is 11.7. The summed E-state index contributed by atoms with van der Waals surface area (Å²) in [7, 11) is 0.630. The van der Waals surface area contributed by atoms with Gasteiger partial charge in [-0.2, -0.15) is 0 Å². The highest BCUT2D eigenvalue weighted by Crippen LogP contribution is 2.43. The zero-order chi connectivity index (χ0) is 22.9. The normalized spacial score (nSPS) is 18.2. The van der Waals surface area contributed by atoms with Gasteiger partial charge in [0, 0.05) is 27.3 Å². The Morgan fingerprint density at radius 3 is 2.56 bits per heavy atom. The third kappa shape index (κ3) is 4.56. The quantitative estimate of drug-likeness (QED) is 0.352. The van der Waals surface area contributed by atoms with E-state index in [0.717, 1.165) is 34.0 Å². The molecule has 2 aromatic carbocycles. The first kappa shape index (κ1) is 22.8. The third-order valence-electron chi connectivity index (χ3n) is 6.19. The molecule has 0 spiro atoms. The third-order valence-corrected chi connectivity index (χ3v) is 7.89. The van der Waals surface area contributed by atoms with Crippen LogP contribution in [-0.4, -0.2) is 37.0 Å². The molecule has 0 aliphatic carbocycles. The first-order chi connectivity index (χ1) is 15.2. The zero-order valence-electron chi connectivity index (χ0n) is 19.8. The highest BCUT2D eigenvalue weighted by atomic mass is 28.3. The van der Waals surface area contributed by atoms with Crippen LogP contribution in [0.2, 0.25) is 25.7 Å². The highest BCUT2D eigenvalue weighted by molar-refractivity contribution is 6.76. The predicted octanol–water partition coefficient (Wildman–Crippen LogP) is 4.52. The minimum Gasteiger partial charge on any atom is -0.490 e. The molecule has 7 heteroatoms. The van der Waals surface area contributed by atoms with Crippen molar-refractivity contribution in [3.05, 3.63) is 64.1 Å². The van der Waals surface area contributed by atoms with Crippen LogP contribution in [0.25, 0.3) is 11.0 Å². The second-order valence-corrected chi connectivity index (χ2v) is 15.9. The Morgan fingerprint density at radius 2 is 1.84 bits per heavy atom. The molecular formula is C25H34N2O4Si. The number of hydrogen-bond donors (Lipinski definition) is 0. The summed E-state index contributed by atoms with van der Waals surface area (Å²) in [6.07, 6.45) is 0. The number of ether oxygens (including phenoxy) is 3. The van der Waals surface area contributed by atoms with Crippen LogP contribution < -0.4 is 10.4 Å². The largest absolute Gasteiger partial charge is 0.490 e. The van der Waals surface area contributed by atoms with Crippen LogP contribution in [-0.2, 0) is 35.3 Å². The Balaban J connectivity index is 1.54. The van der Waals surface area contributed by atoms with Crippen LogP contribution in [0, 0.1) is 0 Å². The fourth-order valence-electron chi connectivity index (χ4n) is 4.16. The molecule has 32 heavy (non-hydrogen) atoms. The van der Waals surface area contributed by atoms with Gasteiger partial charge in [-0.25, -0.2) is 4.79 Å². The molecule has 4 rings (SSSR count). The molecule has 3 aromatic rings. The van der Waals surface area contributed by atoms with Crippen molar-refractivity contribution in [1.82, 2.24) is 9.13 Å². The molecule has 0 fully saturated rings. The number of aryl methyl sites for hydroxylation is 1. The summed E-state index contributed by atoms with van der Waals surface area (Å²) in [5.41, 5.74) is 3.57. The summed E-state index contributed by atoms with van der Waals surface area (Å²) in [5.74, 6) is 0.786. The van der Waals surface area contributed by atoms with E-state index in [-0.39, 0.29) is 17.8 Å². The maximum Gasteiger partial charge on any atom is 0.330 e. The molecule has 1 aliphatic rings. The van der Waals surface area contributed by atoms with Crippen molar-refractivity contribution in [1.29, 1.82) is 0 Å². The molecule has 1 unspecified atom stereocenters. The molecule has 0 saturated heterocycles. The van der Waals surface area contributed by atoms with Crippen LogP contribution in [0.5, 0.6) is 5.75 Å².